The average molecular weight is 441 g/mol. The highest BCUT2D eigenvalue weighted by Crippen LogP contribution is 2.26. The molecule has 1 aliphatic heterocycles. The number of hydrogen-bond acceptors (Lipinski definition) is 8. The molecule has 10 heteroatoms. The van der Waals surface area contributed by atoms with E-state index in [4.69, 9.17) is 4.74 Å². The van der Waals surface area contributed by atoms with Gasteiger partial charge < -0.3 is 30.3 Å². The SMILES string of the molecule is CCOC(O)CCSC(=O)C1CCCN1C(=O)C(C)NC(=O)c1ccc(O)c(O)c1. The van der Waals surface area contributed by atoms with Crippen LogP contribution in [0, 0.1) is 0 Å². The number of thioether (sulfide) groups is 1. The van der Waals surface area contributed by atoms with Crippen LogP contribution in [0.3, 0.4) is 0 Å². The Hall–Kier alpha value is -2.30. The first-order chi connectivity index (χ1) is 14.2. The lowest BCUT2D eigenvalue weighted by Gasteiger charge is -2.27. The minimum absolute atomic E-state index is 0.0995. The molecule has 1 fully saturated rings. The average Bonchev–Trinajstić information content (AvgIpc) is 3.19. The lowest BCUT2D eigenvalue weighted by atomic mass is 10.1. The molecule has 2 amide bonds. The Morgan fingerprint density at radius 1 is 1.30 bits per heavy atom. The molecular formula is C20H28N2O7S. The monoisotopic (exact) mass is 440 g/mol. The third-order valence-electron chi connectivity index (χ3n) is 4.73. The van der Waals surface area contributed by atoms with Crippen LogP contribution in [0.1, 0.15) is 43.5 Å². The quantitative estimate of drug-likeness (QED) is 0.332. The topological polar surface area (TPSA) is 136 Å². The summed E-state index contributed by atoms with van der Waals surface area (Å²) in [6.07, 6.45) is 0.650. The minimum atomic E-state index is -0.911. The molecule has 30 heavy (non-hydrogen) atoms. The fourth-order valence-electron chi connectivity index (χ4n) is 3.16. The molecule has 166 valence electrons. The molecule has 2 rings (SSSR count). The van der Waals surface area contributed by atoms with E-state index in [0.717, 1.165) is 17.8 Å². The van der Waals surface area contributed by atoms with E-state index in [0.29, 0.717) is 38.2 Å². The number of carbonyl (C=O) groups excluding carboxylic acids is 3. The third-order valence-corrected chi connectivity index (χ3v) is 5.73. The number of aliphatic hydroxyl groups is 1. The number of phenols is 2. The van der Waals surface area contributed by atoms with Crippen molar-refractivity contribution in [2.75, 3.05) is 18.9 Å². The van der Waals surface area contributed by atoms with Gasteiger partial charge in [0, 0.05) is 30.9 Å². The van der Waals surface area contributed by atoms with Gasteiger partial charge in [0.25, 0.3) is 5.91 Å². The lowest BCUT2D eigenvalue weighted by Crippen LogP contribution is -2.50. The number of nitrogens with one attached hydrogen (secondary N) is 1. The predicted octanol–water partition coefficient (Wildman–Crippen LogP) is 1.21. The van der Waals surface area contributed by atoms with Gasteiger partial charge in [0.15, 0.2) is 17.8 Å². The molecule has 1 aromatic rings. The molecule has 0 radical (unpaired) electrons. The first-order valence-corrected chi connectivity index (χ1v) is 10.8. The molecular weight excluding hydrogens is 412 g/mol. The van der Waals surface area contributed by atoms with E-state index in [2.05, 4.69) is 5.32 Å². The maximum absolute atomic E-state index is 12.8. The smallest absolute Gasteiger partial charge is 0.252 e. The highest BCUT2D eigenvalue weighted by atomic mass is 32.2. The van der Waals surface area contributed by atoms with Crippen LogP contribution in [0.2, 0.25) is 0 Å². The molecule has 4 N–H and O–H groups in total. The number of likely N-dealkylation sites (tertiary alicyclic amines) is 1. The van der Waals surface area contributed by atoms with Crippen molar-refractivity contribution < 1.29 is 34.4 Å². The number of amides is 2. The van der Waals surface area contributed by atoms with Crippen LogP contribution < -0.4 is 5.32 Å². The molecule has 3 unspecified atom stereocenters. The van der Waals surface area contributed by atoms with Crippen molar-refractivity contribution in [3.05, 3.63) is 23.8 Å². The molecule has 0 aromatic heterocycles. The van der Waals surface area contributed by atoms with Gasteiger partial charge in [0.2, 0.25) is 11.0 Å². The van der Waals surface area contributed by atoms with Crippen molar-refractivity contribution in [1.82, 2.24) is 10.2 Å². The van der Waals surface area contributed by atoms with Gasteiger partial charge in [-0.3, -0.25) is 14.4 Å². The van der Waals surface area contributed by atoms with Crippen LogP contribution in [0.25, 0.3) is 0 Å². The number of aliphatic hydroxyl groups excluding tert-OH is 1. The molecule has 3 atom stereocenters. The number of aromatic hydroxyl groups is 2. The number of benzene rings is 1. The molecule has 0 spiro atoms. The molecule has 0 aliphatic carbocycles. The number of nitrogens with zero attached hydrogens (tertiary/aromatic N) is 1. The summed E-state index contributed by atoms with van der Waals surface area (Å²) in [5.41, 5.74) is 0.0995. The molecule has 1 saturated heterocycles. The van der Waals surface area contributed by atoms with Gasteiger partial charge in [-0.25, -0.2) is 0 Å². The second-order valence-corrected chi connectivity index (χ2v) is 8.05. The summed E-state index contributed by atoms with van der Waals surface area (Å²) in [4.78, 5) is 39.2. The second-order valence-electron chi connectivity index (χ2n) is 6.95. The van der Waals surface area contributed by atoms with E-state index >= 15 is 0 Å². The van der Waals surface area contributed by atoms with Crippen LogP contribution >= 0.6 is 11.8 Å². The maximum atomic E-state index is 12.8. The summed E-state index contributed by atoms with van der Waals surface area (Å²) >= 11 is 1.06. The van der Waals surface area contributed by atoms with Crippen LogP contribution in [-0.4, -0.2) is 74.4 Å². The van der Waals surface area contributed by atoms with Crippen LogP contribution in [-0.2, 0) is 14.3 Å². The van der Waals surface area contributed by atoms with Crippen LogP contribution in [0.5, 0.6) is 11.5 Å². The Labute approximate surface area is 179 Å². The second kappa shape index (κ2) is 11.2. The van der Waals surface area contributed by atoms with E-state index < -0.39 is 30.0 Å². The summed E-state index contributed by atoms with van der Waals surface area (Å²) in [6, 6.07) is 2.19. The zero-order valence-electron chi connectivity index (χ0n) is 17.0. The molecule has 1 aromatic carbocycles. The summed E-state index contributed by atoms with van der Waals surface area (Å²) in [5.74, 6) is -1.34. The Morgan fingerprint density at radius 2 is 2.03 bits per heavy atom. The fourth-order valence-corrected chi connectivity index (χ4v) is 4.12. The molecule has 1 aliphatic rings. The summed E-state index contributed by atoms with van der Waals surface area (Å²) in [6.45, 7) is 4.12. The van der Waals surface area contributed by atoms with Crippen LogP contribution in [0.4, 0.5) is 0 Å². The summed E-state index contributed by atoms with van der Waals surface area (Å²) in [7, 11) is 0. The number of rotatable bonds is 9. The normalized spacial score (nSPS) is 18.1. The Kier molecular flexibility index (Phi) is 8.94. The van der Waals surface area contributed by atoms with Crippen molar-refractivity contribution >= 4 is 28.7 Å². The van der Waals surface area contributed by atoms with E-state index in [-0.39, 0.29) is 22.3 Å². The molecule has 0 bridgehead atoms. The van der Waals surface area contributed by atoms with E-state index in [1.807, 2.05) is 0 Å². The first-order valence-electron chi connectivity index (χ1n) is 9.84. The van der Waals surface area contributed by atoms with Crippen molar-refractivity contribution in [3.8, 4) is 11.5 Å². The van der Waals surface area contributed by atoms with Crippen molar-refractivity contribution in [2.45, 2.75) is 51.5 Å². The number of ether oxygens (including phenoxy) is 1. The van der Waals surface area contributed by atoms with Crippen molar-refractivity contribution in [1.29, 1.82) is 0 Å². The Bertz CT molecular complexity index is 774. The van der Waals surface area contributed by atoms with E-state index in [1.165, 1.54) is 24.0 Å². The number of hydrogen-bond donors (Lipinski definition) is 4. The summed E-state index contributed by atoms with van der Waals surface area (Å²) < 4.78 is 5.02. The van der Waals surface area contributed by atoms with Gasteiger partial charge in [-0.15, -0.1) is 0 Å². The zero-order valence-corrected chi connectivity index (χ0v) is 17.9. The van der Waals surface area contributed by atoms with Crippen LogP contribution in [0.15, 0.2) is 18.2 Å². The van der Waals surface area contributed by atoms with Gasteiger partial charge in [-0.05, 0) is 44.9 Å². The van der Waals surface area contributed by atoms with E-state index in [9.17, 15) is 29.7 Å². The van der Waals surface area contributed by atoms with E-state index in [1.54, 1.807) is 6.92 Å². The van der Waals surface area contributed by atoms with Gasteiger partial charge in [0.05, 0.1) is 0 Å². The Morgan fingerprint density at radius 3 is 2.70 bits per heavy atom. The third kappa shape index (κ3) is 6.35. The van der Waals surface area contributed by atoms with Gasteiger partial charge in [-0.2, -0.15) is 0 Å². The maximum Gasteiger partial charge on any atom is 0.252 e. The van der Waals surface area contributed by atoms with Crippen molar-refractivity contribution in [3.63, 3.8) is 0 Å². The first kappa shape index (κ1) is 24.0. The lowest BCUT2D eigenvalue weighted by molar-refractivity contribution is -0.136. The largest absolute Gasteiger partial charge is 0.504 e. The molecule has 0 saturated carbocycles. The minimum Gasteiger partial charge on any atom is -0.504 e. The number of phenolic OH excluding ortho intramolecular Hbond substituents is 2. The van der Waals surface area contributed by atoms with Gasteiger partial charge in [-0.1, -0.05) is 11.8 Å². The summed E-state index contributed by atoms with van der Waals surface area (Å²) in [5, 5.41) is 30.9. The standard InChI is InChI=1S/C20H28N2O7S/c1-3-29-17(25)8-10-30-20(28)14-5-4-9-22(14)19(27)12(2)21-18(26)13-6-7-15(23)16(24)11-13/h6-7,11-12,14,17,23-25H,3-5,8-10H2,1-2H3,(H,21,26). The molecule has 1 heterocycles. The Balaban J connectivity index is 1.91. The highest BCUT2D eigenvalue weighted by Gasteiger charge is 2.36. The predicted molar refractivity (Wildman–Crippen MR) is 111 cm³/mol. The van der Waals surface area contributed by atoms with Gasteiger partial charge in [0.1, 0.15) is 12.1 Å². The fraction of sp³-hybridized carbons (Fsp3) is 0.550. The van der Waals surface area contributed by atoms with Crippen molar-refractivity contribution in [2.24, 2.45) is 0 Å². The zero-order chi connectivity index (χ0) is 22.3. The molecule has 9 nitrogen and oxygen atoms in total. The highest BCUT2D eigenvalue weighted by molar-refractivity contribution is 8.13. The van der Waals surface area contributed by atoms with Gasteiger partial charge >= 0.3 is 0 Å². The number of carbonyl (C=O) groups is 3.